The summed E-state index contributed by atoms with van der Waals surface area (Å²) in [7, 11) is 0. The molecule has 2 N–H and O–H groups in total. The highest BCUT2D eigenvalue weighted by atomic mass is 15.2. The number of likely N-dealkylation sites (tertiary alicyclic amines) is 1. The molecule has 0 spiro atoms. The summed E-state index contributed by atoms with van der Waals surface area (Å²) < 4.78 is 0. The maximum Gasteiger partial charge on any atom is 0.0438 e. The maximum absolute atomic E-state index is 6.66. The zero-order valence-electron chi connectivity index (χ0n) is 12.3. The number of rotatable bonds is 4. The minimum absolute atomic E-state index is 0.170. The van der Waals surface area contributed by atoms with Crippen LogP contribution in [-0.4, -0.2) is 29.6 Å². The Labute approximate surface area is 113 Å². The monoisotopic (exact) mass is 250 g/mol. The molecule has 1 fully saturated rings. The zero-order chi connectivity index (χ0) is 13.0. The number of nitrogens with two attached hydrogens (primary N) is 1. The summed E-state index contributed by atoms with van der Waals surface area (Å²) in [5.41, 5.74) is 8.35. The molecule has 0 bridgehead atoms. The van der Waals surface area contributed by atoms with Crippen LogP contribution in [0.4, 0.5) is 0 Å². The van der Waals surface area contributed by atoms with Gasteiger partial charge < -0.3 is 5.73 Å². The molecule has 1 saturated heterocycles. The van der Waals surface area contributed by atoms with Crippen LogP contribution in [0.5, 0.6) is 0 Å². The normalized spacial score (nSPS) is 27.4. The van der Waals surface area contributed by atoms with Gasteiger partial charge in [0.2, 0.25) is 0 Å². The van der Waals surface area contributed by atoms with Crippen LogP contribution >= 0.6 is 0 Å². The predicted octanol–water partition coefficient (Wildman–Crippen LogP) is 3.47. The fraction of sp³-hybridized carbons (Fsp3) is 0.875. The van der Waals surface area contributed by atoms with Crippen LogP contribution in [0.2, 0.25) is 0 Å². The Morgan fingerprint density at radius 2 is 1.94 bits per heavy atom. The van der Waals surface area contributed by atoms with Gasteiger partial charge in [0.25, 0.3) is 0 Å². The Kier molecular flexibility index (Phi) is 4.85. The van der Waals surface area contributed by atoms with Gasteiger partial charge in [-0.2, -0.15) is 0 Å². The number of nitrogens with zero attached hydrogens (tertiary/aromatic N) is 1. The van der Waals surface area contributed by atoms with E-state index in [1.807, 2.05) is 0 Å². The van der Waals surface area contributed by atoms with Crippen LogP contribution in [0.3, 0.4) is 0 Å². The van der Waals surface area contributed by atoms with Crippen molar-refractivity contribution < 1.29 is 0 Å². The van der Waals surface area contributed by atoms with E-state index in [2.05, 4.69) is 24.8 Å². The van der Waals surface area contributed by atoms with E-state index in [1.54, 1.807) is 0 Å². The lowest BCUT2D eigenvalue weighted by Crippen LogP contribution is -2.59. The SMILES string of the molecule is CCC(C)(C(N)C1=CCCCC1)N1CCCCC1. The van der Waals surface area contributed by atoms with E-state index >= 15 is 0 Å². The molecule has 18 heavy (non-hydrogen) atoms. The van der Waals surface area contributed by atoms with E-state index in [4.69, 9.17) is 5.73 Å². The molecule has 2 unspecified atom stereocenters. The van der Waals surface area contributed by atoms with Crippen molar-refractivity contribution in [2.24, 2.45) is 5.73 Å². The molecule has 1 aliphatic carbocycles. The van der Waals surface area contributed by atoms with Crippen molar-refractivity contribution in [2.45, 2.75) is 76.8 Å². The van der Waals surface area contributed by atoms with Gasteiger partial charge in [-0.1, -0.05) is 25.0 Å². The Morgan fingerprint density at radius 1 is 1.22 bits per heavy atom. The van der Waals surface area contributed by atoms with Crippen LogP contribution < -0.4 is 5.73 Å². The third-order valence-electron chi connectivity index (χ3n) is 5.19. The summed E-state index contributed by atoms with van der Waals surface area (Å²) in [6.45, 7) is 7.17. The highest BCUT2D eigenvalue weighted by Gasteiger charge is 2.38. The summed E-state index contributed by atoms with van der Waals surface area (Å²) in [6, 6.07) is 0.237. The predicted molar refractivity (Wildman–Crippen MR) is 78.6 cm³/mol. The highest BCUT2D eigenvalue weighted by molar-refractivity contribution is 5.19. The van der Waals surface area contributed by atoms with Crippen LogP contribution in [0.15, 0.2) is 11.6 Å². The second-order valence-electron chi connectivity index (χ2n) is 6.26. The molecule has 0 radical (unpaired) electrons. The van der Waals surface area contributed by atoms with Gasteiger partial charge in [0.1, 0.15) is 0 Å². The second kappa shape index (κ2) is 6.21. The summed E-state index contributed by atoms with van der Waals surface area (Å²) in [5.74, 6) is 0. The van der Waals surface area contributed by atoms with Gasteiger partial charge in [-0.25, -0.2) is 0 Å². The number of hydrogen-bond acceptors (Lipinski definition) is 2. The minimum Gasteiger partial charge on any atom is -0.323 e. The molecule has 0 saturated carbocycles. The van der Waals surface area contributed by atoms with Crippen molar-refractivity contribution >= 4 is 0 Å². The summed E-state index contributed by atoms with van der Waals surface area (Å²) in [6.07, 6.45) is 12.8. The van der Waals surface area contributed by atoms with Crippen LogP contribution in [0.1, 0.15) is 65.2 Å². The van der Waals surface area contributed by atoms with Gasteiger partial charge in [-0.3, -0.25) is 4.90 Å². The second-order valence-corrected chi connectivity index (χ2v) is 6.26. The van der Waals surface area contributed by atoms with Crippen LogP contribution in [0.25, 0.3) is 0 Å². The van der Waals surface area contributed by atoms with Crippen molar-refractivity contribution in [3.8, 4) is 0 Å². The van der Waals surface area contributed by atoms with Gasteiger partial charge in [0, 0.05) is 11.6 Å². The summed E-state index contributed by atoms with van der Waals surface area (Å²) in [5, 5.41) is 0. The third-order valence-corrected chi connectivity index (χ3v) is 5.19. The fourth-order valence-electron chi connectivity index (χ4n) is 3.59. The standard InChI is InChI=1S/C16H30N2/c1-3-16(2,18-12-8-5-9-13-18)15(17)14-10-6-4-7-11-14/h10,15H,3-9,11-13,17H2,1-2H3. The quantitative estimate of drug-likeness (QED) is 0.774. The first-order valence-electron chi connectivity index (χ1n) is 7.88. The van der Waals surface area contributed by atoms with E-state index in [-0.39, 0.29) is 11.6 Å². The minimum atomic E-state index is 0.170. The Bertz CT molecular complexity index is 291. The van der Waals surface area contributed by atoms with Crippen molar-refractivity contribution in [1.29, 1.82) is 0 Å². The lowest BCUT2D eigenvalue weighted by atomic mass is 9.79. The molecule has 2 atom stereocenters. The molecular weight excluding hydrogens is 220 g/mol. The van der Waals surface area contributed by atoms with Gasteiger partial charge >= 0.3 is 0 Å². The summed E-state index contributed by atoms with van der Waals surface area (Å²) >= 11 is 0. The van der Waals surface area contributed by atoms with Crippen molar-refractivity contribution in [3.63, 3.8) is 0 Å². The van der Waals surface area contributed by atoms with Crippen molar-refractivity contribution in [1.82, 2.24) is 4.90 Å². The zero-order valence-corrected chi connectivity index (χ0v) is 12.3. The molecule has 0 aromatic carbocycles. The first-order valence-corrected chi connectivity index (χ1v) is 7.88. The molecule has 0 amide bonds. The largest absolute Gasteiger partial charge is 0.323 e. The van der Waals surface area contributed by atoms with Gasteiger partial charge in [0.05, 0.1) is 0 Å². The molecule has 0 aromatic rings. The smallest absolute Gasteiger partial charge is 0.0438 e. The first kappa shape index (κ1) is 14.1. The molecule has 1 aliphatic heterocycles. The van der Waals surface area contributed by atoms with Crippen molar-refractivity contribution in [3.05, 3.63) is 11.6 Å². The van der Waals surface area contributed by atoms with Gasteiger partial charge in [0.15, 0.2) is 0 Å². The van der Waals surface area contributed by atoms with E-state index in [9.17, 15) is 0 Å². The average Bonchev–Trinajstić information content (AvgIpc) is 2.47. The Morgan fingerprint density at radius 3 is 2.50 bits per heavy atom. The highest BCUT2D eigenvalue weighted by Crippen LogP contribution is 2.32. The molecule has 2 heteroatoms. The Balaban J connectivity index is 2.11. The van der Waals surface area contributed by atoms with Crippen molar-refractivity contribution in [2.75, 3.05) is 13.1 Å². The van der Waals surface area contributed by atoms with E-state index in [0.29, 0.717) is 0 Å². The lowest BCUT2D eigenvalue weighted by Gasteiger charge is -2.47. The molecule has 104 valence electrons. The first-order chi connectivity index (χ1) is 8.68. The van der Waals surface area contributed by atoms with Crippen LogP contribution in [-0.2, 0) is 0 Å². The molecule has 2 aliphatic rings. The van der Waals surface area contributed by atoms with Gasteiger partial charge in [-0.05, 0) is 65.0 Å². The van der Waals surface area contributed by atoms with E-state index in [1.165, 1.54) is 63.6 Å². The molecule has 1 heterocycles. The fourth-order valence-corrected chi connectivity index (χ4v) is 3.59. The van der Waals surface area contributed by atoms with E-state index in [0.717, 1.165) is 6.42 Å². The lowest BCUT2D eigenvalue weighted by molar-refractivity contribution is 0.0624. The average molecular weight is 250 g/mol. The third kappa shape index (κ3) is 2.80. The van der Waals surface area contributed by atoms with Crippen LogP contribution in [0, 0.1) is 0 Å². The maximum atomic E-state index is 6.66. The molecule has 2 nitrogen and oxygen atoms in total. The number of hydrogen-bond donors (Lipinski definition) is 1. The van der Waals surface area contributed by atoms with E-state index < -0.39 is 0 Å². The molecule has 0 aromatic heterocycles. The topological polar surface area (TPSA) is 29.3 Å². The number of allylic oxidation sites excluding steroid dienone is 1. The van der Waals surface area contributed by atoms with Gasteiger partial charge in [-0.15, -0.1) is 0 Å². The Hall–Kier alpha value is -0.340. The molecular formula is C16H30N2. The number of piperidine rings is 1. The molecule has 2 rings (SSSR count). The summed E-state index contributed by atoms with van der Waals surface area (Å²) in [4.78, 5) is 2.66.